The zero-order chi connectivity index (χ0) is 13.4. The average molecular weight is 249 g/mol. The van der Waals surface area contributed by atoms with Crippen molar-refractivity contribution < 1.29 is 0 Å². The van der Waals surface area contributed by atoms with Crippen LogP contribution in [0.1, 0.15) is 18.1 Å². The minimum Gasteiger partial charge on any atom is -0.378 e. The fourth-order valence-corrected chi connectivity index (χ4v) is 2.73. The van der Waals surface area contributed by atoms with E-state index in [1.807, 2.05) is 0 Å². The Balaban J connectivity index is 2.06. The summed E-state index contributed by atoms with van der Waals surface area (Å²) >= 11 is 0. The van der Waals surface area contributed by atoms with E-state index >= 15 is 0 Å². The summed E-state index contributed by atoms with van der Waals surface area (Å²) in [5.41, 5.74) is 8.19. The fourth-order valence-electron chi connectivity index (χ4n) is 2.73. The van der Waals surface area contributed by atoms with Crippen LogP contribution in [-0.2, 0) is 6.42 Å². The standard InChI is InChI=1S/C18H19N/c1-13-11-15-5-4-6-17(18(15)12-13)14-7-9-16(10-8-14)19(2)3/h4-10,12H,11H2,1-3H3. The summed E-state index contributed by atoms with van der Waals surface area (Å²) in [6, 6.07) is 15.4. The topological polar surface area (TPSA) is 3.24 Å². The summed E-state index contributed by atoms with van der Waals surface area (Å²) < 4.78 is 0. The molecule has 2 aromatic carbocycles. The van der Waals surface area contributed by atoms with Crippen molar-refractivity contribution in [3.63, 3.8) is 0 Å². The molecule has 1 aliphatic rings. The summed E-state index contributed by atoms with van der Waals surface area (Å²) in [6.07, 6.45) is 3.42. The molecule has 0 saturated heterocycles. The molecule has 3 rings (SSSR count). The number of anilines is 1. The molecule has 0 N–H and O–H groups in total. The van der Waals surface area contributed by atoms with E-state index in [-0.39, 0.29) is 0 Å². The second kappa shape index (κ2) is 4.58. The van der Waals surface area contributed by atoms with E-state index in [0.29, 0.717) is 0 Å². The van der Waals surface area contributed by atoms with Crippen LogP contribution in [0.15, 0.2) is 48.0 Å². The van der Waals surface area contributed by atoms with Gasteiger partial charge >= 0.3 is 0 Å². The van der Waals surface area contributed by atoms with Crippen LogP contribution >= 0.6 is 0 Å². The number of fused-ring (bicyclic) bond motifs is 1. The summed E-state index contributed by atoms with van der Waals surface area (Å²) in [4.78, 5) is 2.13. The van der Waals surface area contributed by atoms with Gasteiger partial charge in [0, 0.05) is 19.8 Å². The zero-order valence-electron chi connectivity index (χ0n) is 11.8. The van der Waals surface area contributed by atoms with E-state index in [1.165, 1.54) is 33.5 Å². The number of hydrogen-bond acceptors (Lipinski definition) is 1. The molecule has 0 atom stereocenters. The van der Waals surface area contributed by atoms with Crippen LogP contribution in [-0.4, -0.2) is 14.1 Å². The molecule has 0 fully saturated rings. The second-order valence-electron chi connectivity index (χ2n) is 5.49. The molecule has 1 nitrogen and oxygen atoms in total. The van der Waals surface area contributed by atoms with Crippen LogP contribution in [0.25, 0.3) is 17.2 Å². The van der Waals surface area contributed by atoms with Crippen molar-refractivity contribution >= 4 is 11.8 Å². The van der Waals surface area contributed by atoms with Crippen molar-refractivity contribution in [2.24, 2.45) is 0 Å². The van der Waals surface area contributed by atoms with Crippen LogP contribution in [0.2, 0.25) is 0 Å². The minimum absolute atomic E-state index is 1.10. The maximum absolute atomic E-state index is 2.32. The number of nitrogens with zero attached hydrogens (tertiary/aromatic N) is 1. The van der Waals surface area contributed by atoms with E-state index in [9.17, 15) is 0 Å². The Labute approximate surface area is 115 Å². The van der Waals surface area contributed by atoms with Crippen molar-refractivity contribution in [2.75, 3.05) is 19.0 Å². The Morgan fingerprint density at radius 1 is 0.947 bits per heavy atom. The number of allylic oxidation sites excluding steroid dienone is 1. The summed E-state index contributed by atoms with van der Waals surface area (Å²) in [5.74, 6) is 0. The van der Waals surface area contributed by atoms with Gasteiger partial charge in [0.25, 0.3) is 0 Å². The third-order valence-electron chi connectivity index (χ3n) is 3.75. The van der Waals surface area contributed by atoms with Gasteiger partial charge in [-0.3, -0.25) is 0 Å². The van der Waals surface area contributed by atoms with Gasteiger partial charge in [0.1, 0.15) is 0 Å². The van der Waals surface area contributed by atoms with Gasteiger partial charge in [-0.2, -0.15) is 0 Å². The highest BCUT2D eigenvalue weighted by atomic mass is 15.1. The Hall–Kier alpha value is -2.02. The van der Waals surface area contributed by atoms with Gasteiger partial charge < -0.3 is 4.90 Å². The zero-order valence-corrected chi connectivity index (χ0v) is 11.8. The van der Waals surface area contributed by atoms with E-state index < -0.39 is 0 Å². The van der Waals surface area contributed by atoms with E-state index in [1.54, 1.807) is 0 Å². The molecule has 0 saturated carbocycles. The first-order valence-electron chi connectivity index (χ1n) is 6.72. The summed E-state index contributed by atoms with van der Waals surface area (Å²) in [6.45, 7) is 2.21. The van der Waals surface area contributed by atoms with Gasteiger partial charge in [-0.1, -0.05) is 42.0 Å². The highest BCUT2D eigenvalue weighted by molar-refractivity contribution is 5.81. The molecular weight excluding hydrogens is 230 g/mol. The van der Waals surface area contributed by atoms with Gasteiger partial charge in [-0.05, 0) is 47.7 Å². The molecule has 1 heteroatoms. The van der Waals surface area contributed by atoms with Gasteiger partial charge in [0.05, 0.1) is 0 Å². The summed E-state index contributed by atoms with van der Waals surface area (Å²) in [7, 11) is 4.14. The van der Waals surface area contributed by atoms with Gasteiger partial charge in [0.15, 0.2) is 0 Å². The molecule has 2 aromatic rings. The number of rotatable bonds is 2. The Morgan fingerprint density at radius 2 is 1.68 bits per heavy atom. The third kappa shape index (κ3) is 2.17. The monoisotopic (exact) mass is 249 g/mol. The average Bonchev–Trinajstić information content (AvgIpc) is 2.78. The molecule has 19 heavy (non-hydrogen) atoms. The lowest BCUT2D eigenvalue weighted by Crippen LogP contribution is -2.07. The SMILES string of the molecule is CC1=Cc2c(cccc2-c2ccc(N(C)C)cc2)C1. The van der Waals surface area contributed by atoms with E-state index in [4.69, 9.17) is 0 Å². The third-order valence-corrected chi connectivity index (χ3v) is 3.75. The molecule has 0 aliphatic heterocycles. The fraction of sp³-hybridized carbons (Fsp3) is 0.222. The molecule has 0 spiro atoms. The van der Waals surface area contributed by atoms with Crippen LogP contribution in [0.3, 0.4) is 0 Å². The van der Waals surface area contributed by atoms with Crippen LogP contribution < -0.4 is 4.90 Å². The number of benzene rings is 2. The van der Waals surface area contributed by atoms with E-state index in [2.05, 4.69) is 74.5 Å². The molecule has 96 valence electrons. The van der Waals surface area contributed by atoms with Crippen molar-refractivity contribution in [3.05, 3.63) is 59.2 Å². The maximum atomic E-state index is 2.32. The van der Waals surface area contributed by atoms with Gasteiger partial charge in [-0.25, -0.2) is 0 Å². The minimum atomic E-state index is 1.10. The molecular formula is C18H19N. The van der Waals surface area contributed by atoms with Gasteiger partial charge in [-0.15, -0.1) is 0 Å². The molecule has 0 heterocycles. The van der Waals surface area contributed by atoms with Crippen molar-refractivity contribution in [3.8, 4) is 11.1 Å². The summed E-state index contributed by atoms with van der Waals surface area (Å²) in [5, 5.41) is 0. The molecule has 0 radical (unpaired) electrons. The van der Waals surface area contributed by atoms with Crippen molar-refractivity contribution in [2.45, 2.75) is 13.3 Å². The van der Waals surface area contributed by atoms with Crippen molar-refractivity contribution in [1.82, 2.24) is 0 Å². The predicted octanol–water partition coefficient (Wildman–Crippen LogP) is 4.38. The van der Waals surface area contributed by atoms with Crippen LogP contribution in [0.4, 0.5) is 5.69 Å². The molecule has 0 bridgehead atoms. The smallest absolute Gasteiger partial charge is 0.0361 e. The largest absolute Gasteiger partial charge is 0.378 e. The molecule has 0 aromatic heterocycles. The second-order valence-corrected chi connectivity index (χ2v) is 5.49. The highest BCUT2D eigenvalue weighted by Crippen LogP contribution is 2.34. The highest BCUT2D eigenvalue weighted by Gasteiger charge is 2.13. The predicted molar refractivity (Wildman–Crippen MR) is 83.6 cm³/mol. The van der Waals surface area contributed by atoms with Crippen LogP contribution in [0, 0.1) is 0 Å². The number of hydrogen-bond donors (Lipinski definition) is 0. The maximum Gasteiger partial charge on any atom is 0.0361 e. The first kappa shape index (κ1) is 12.0. The quantitative estimate of drug-likeness (QED) is 0.763. The molecule has 0 amide bonds. The first-order valence-corrected chi connectivity index (χ1v) is 6.72. The lowest BCUT2D eigenvalue weighted by Gasteiger charge is -2.13. The lowest BCUT2D eigenvalue weighted by atomic mass is 9.97. The molecule has 1 aliphatic carbocycles. The Morgan fingerprint density at radius 3 is 2.37 bits per heavy atom. The molecule has 0 unspecified atom stereocenters. The Bertz CT molecular complexity index is 633. The Kier molecular flexibility index (Phi) is 2.90. The van der Waals surface area contributed by atoms with E-state index in [0.717, 1.165) is 6.42 Å². The normalized spacial score (nSPS) is 13.1. The van der Waals surface area contributed by atoms with Gasteiger partial charge in [0.2, 0.25) is 0 Å². The van der Waals surface area contributed by atoms with Crippen LogP contribution in [0.5, 0.6) is 0 Å². The first-order chi connectivity index (χ1) is 9.15. The van der Waals surface area contributed by atoms with Crippen molar-refractivity contribution in [1.29, 1.82) is 0 Å². The lowest BCUT2D eigenvalue weighted by molar-refractivity contribution is 1.13.